The highest BCUT2D eigenvalue weighted by Crippen LogP contribution is 2.29. The largest absolute Gasteiger partial charge is 0.459 e. The molecule has 78 valence electrons. The molecule has 0 spiro atoms. The fourth-order valence-corrected chi connectivity index (χ4v) is 1.70. The first kappa shape index (κ1) is 9.39. The van der Waals surface area contributed by atoms with Gasteiger partial charge in [-0.2, -0.15) is 4.68 Å². The van der Waals surface area contributed by atoms with Crippen LogP contribution in [0.2, 0.25) is 0 Å². The van der Waals surface area contributed by atoms with Crippen LogP contribution in [0.3, 0.4) is 0 Å². The highest BCUT2D eigenvalue weighted by atomic mass is 16.5. The molecule has 0 aliphatic heterocycles. The highest BCUT2D eigenvalue weighted by Gasteiger charge is 2.31. The molecule has 1 aliphatic carbocycles. The second kappa shape index (κ2) is 3.91. The monoisotopic (exact) mass is 197 g/mol. The van der Waals surface area contributed by atoms with Gasteiger partial charge in [0, 0.05) is 7.05 Å². The Balaban J connectivity index is 1.77. The van der Waals surface area contributed by atoms with E-state index in [1.54, 1.807) is 11.7 Å². The molecule has 0 unspecified atom stereocenters. The van der Waals surface area contributed by atoms with Gasteiger partial charge >= 0.3 is 6.01 Å². The van der Waals surface area contributed by atoms with Gasteiger partial charge in [-0.15, -0.1) is 0 Å². The molecule has 1 aromatic heterocycles. The molecule has 0 radical (unpaired) electrons. The van der Waals surface area contributed by atoms with Crippen LogP contribution in [0.1, 0.15) is 12.8 Å². The minimum absolute atomic E-state index is 0.290. The zero-order valence-corrected chi connectivity index (χ0v) is 8.47. The number of tetrazole rings is 1. The van der Waals surface area contributed by atoms with Crippen molar-refractivity contribution in [3.63, 3.8) is 0 Å². The molecule has 1 aromatic rings. The third-order valence-electron chi connectivity index (χ3n) is 2.54. The van der Waals surface area contributed by atoms with E-state index >= 15 is 0 Å². The number of aromatic nitrogens is 4. The first-order valence-electron chi connectivity index (χ1n) is 4.83. The Morgan fingerprint density at radius 3 is 2.93 bits per heavy atom. The van der Waals surface area contributed by atoms with Gasteiger partial charge in [0.25, 0.3) is 0 Å². The predicted molar refractivity (Wildman–Crippen MR) is 49.9 cm³/mol. The molecule has 6 nitrogen and oxygen atoms in total. The Labute approximate surface area is 82.6 Å². The van der Waals surface area contributed by atoms with Crippen molar-refractivity contribution in [3.05, 3.63) is 0 Å². The summed E-state index contributed by atoms with van der Waals surface area (Å²) in [5.74, 6) is 0.742. The SMILES string of the molecule is CNCC1CC(Oc2nnnn2C)C1. The third-order valence-corrected chi connectivity index (χ3v) is 2.54. The molecule has 2 rings (SSSR count). The van der Waals surface area contributed by atoms with Crippen molar-refractivity contribution in [1.29, 1.82) is 0 Å². The summed E-state index contributed by atoms with van der Waals surface area (Å²) in [4.78, 5) is 0. The maximum atomic E-state index is 5.60. The fraction of sp³-hybridized carbons (Fsp3) is 0.875. The van der Waals surface area contributed by atoms with E-state index in [0.717, 1.165) is 25.3 Å². The molecular formula is C8H15N5O. The van der Waals surface area contributed by atoms with Crippen LogP contribution in [0.4, 0.5) is 0 Å². The van der Waals surface area contributed by atoms with E-state index in [9.17, 15) is 0 Å². The lowest BCUT2D eigenvalue weighted by Crippen LogP contribution is -2.39. The fourth-order valence-electron chi connectivity index (χ4n) is 1.70. The number of hydrogen-bond donors (Lipinski definition) is 1. The highest BCUT2D eigenvalue weighted by molar-refractivity contribution is 4.92. The Morgan fingerprint density at radius 2 is 2.36 bits per heavy atom. The van der Waals surface area contributed by atoms with E-state index in [2.05, 4.69) is 20.8 Å². The lowest BCUT2D eigenvalue weighted by molar-refractivity contribution is 0.0536. The standard InChI is InChI=1S/C8H15N5O/c1-9-5-6-3-7(4-6)14-8-10-11-12-13(8)2/h6-7,9H,3-5H2,1-2H3. The van der Waals surface area contributed by atoms with Crippen molar-refractivity contribution in [3.8, 4) is 6.01 Å². The number of ether oxygens (including phenoxy) is 1. The maximum absolute atomic E-state index is 5.60. The Bertz CT molecular complexity index is 294. The van der Waals surface area contributed by atoms with Crippen molar-refractivity contribution in [1.82, 2.24) is 25.5 Å². The molecule has 0 atom stereocenters. The van der Waals surface area contributed by atoms with Crippen LogP contribution in [0.15, 0.2) is 0 Å². The van der Waals surface area contributed by atoms with E-state index in [-0.39, 0.29) is 6.10 Å². The molecule has 6 heteroatoms. The average Bonchev–Trinajstić information content (AvgIpc) is 2.48. The first-order chi connectivity index (χ1) is 6.79. The molecule has 1 aliphatic rings. The van der Waals surface area contributed by atoms with Gasteiger partial charge in [0.05, 0.1) is 0 Å². The van der Waals surface area contributed by atoms with Crippen molar-refractivity contribution in [2.45, 2.75) is 18.9 Å². The minimum atomic E-state index is 0.290. The average molecular weight is 197 g/mol. The predicted octanol–water partition coefficient (Wildman–Crippen LogP) is -0.413. The van der Waals surface area contributed by atoms with Gasteiger partial charge < -0.3 is 10.1 Å². The summed E-state index contributed by atoms with van der Waals surface area (Å²) in [5.41, 5.74) is 0. The quantitative estimate of drug-likeness (QED) is 0.710. The van der Waals surface area contributed by atoms with Crippen LogP contribution in [0, 0.1) is 5.92 Å². The van der Waals surface area contributed by atoms with Gasteiger partial charge in [0.15, 0.2) is 0 Å². The molecule has 1 fully saturated rings. The third kappa shape index (κ3) is 1.84. The van der Waals surface area contributed by atoms with Crippen LogP contribution in [-0.4, -0.2) is 39.9 Å². The molecule has 0 bridgehead atoms. The summed E-state index contributed by atoms with van der Waals surface area (Å²) >= 11 is 0. The summed E-state index contributed by atoms with van der Waals surface area (Å²) < 4.78 is 7.14. The summed E-state index contributed by atoms with van der Waals surface area (Å²) in [7, 11) is 3.75. The topological polar surface area (TPSA) is 64.9 Å². The Hall–Kier alpha value is -1.17. The maximum Gasteiger partial charge on any atom is 0.335 e. The van der Waals surface area contributed by atoms with E-state index in [1.807, 2.05) is 7.05 Å². The molecular weight excluding hydrogens is 182 g/mol. The van der Waals surface area contributed by atoms with E-state index in [0.29, 0.717) is 6.01 Å². The Morgan fingerprint density at radius 1 is 1.57 bits per heavy atom. The smallest absolute Gasteiger partial charge is 0.335 e. The Kier molecular flexibility index (Phi) is 2.62. The zero-order valence-electron chi connectivity index (χ0n) is 8.47. The van der Waals surface area contributed by atoms with Gasteiger partial charge in [0.1, 0.15) is 6.10 Å². The van der Waals surface area contributed by atoms with Gasteiger partial charge in [-0.1, -0.05) is 5.10 Å². The molecule has 1 heterocycles. The van der Waals surface area contributed by atoms with Gasteiger partial charge in [0.2, 0.25) is 0 Å². The number of hydrogen-bond acceptors (Lipinski definition) is 5. The van der Waals surface area contributed by atoms with Crippen molar-refractivity contribution >= 4 is 0 Å². The normalized spacial score (nSPS) is 25.9. The van der Waals surface area contributed by atoms with Crippen LogP contribution in [0.25, 0.3) is 0 Å². The molecule has 0 amide bonds. The number of rotatable bonds is 4. The van der Waals surface area contributed by atoms with Gasteiger partial charge in [-0.25, -0.2) is 0 Å². The van der Waals surface area contributed by atoms with E-state index < -0.39 is 0 Å². The van der Waals surface area contributed by atoms with Gasteiger partial charge in [-0.05, 0) is 42.8 Å². The molecule has 1 saturated carbocycles. The lowest BCUT2D eigenvalue weighted by atomic mass is 9.82. The number of nitrogens with zero attached hydrogens (tertiary/aromatic N) is 4. The summed E-state index contributed by atoms with van der Waals surface area (Å²) in [6.45, 7) is 1.07. The second-order valence-corrected chi connectivity index (χ2v) is 3.72. The summed E-state index contributed by atoms with van der Waals surface area (Å²) in [6, 6.07) is 0.512. The molecule has 14 heavy (non-hydrogen) atoms. The van der Waals surface area contributed by atoms with Crippen LogP contribution >= 0.6 is 0 Å². The second-order valence-electron chi connectivity index (χ2n) is 3.72. The van der Waals surface area contributed by atoms with Gasteiger partial charge in [-0.3, -0.25) is 0 Å². The van der Waals surface area contributed by atoms with Crippen molar-refractivity contribution in [2.75, 3.05) is 13.6 Å². The molecule has 0 aromatic carbocycles. The van der Waals surface area contributed by atoms with Crippen LogP contribution < -0.4 is 10.1 Å². The van der Waals surface area contributed by atoms with E-state index in [4.69, 9.17) is 4.74 Å². The van der Waals surface area contributed by atoms with Crippen LogP contribution in [0.5, 0.6) is 6.01 Å². The number of nitrogens with one attached hydrogen (secondary N) is 1. The summed E-state index contributed by atoms with van der Waals surface area (Å²) in [5, 5.41) is 14.1. The zero-order chi connectivity index (χ0) is 9.97. The van der Waals surface area contributed by atoms with Crippen LogP contribution in [-0.2, 0) is 7.05 Å². The number of aryl methyl sites for hydroxylation is 1. The van der Waals surface area contributed by atoms with Crippen molar-refractivity contribution < 1.29 is 4.74 Å². The lowest BCUT2D eigenvalue weighted by Gasteiger charge is -2.34. The minimum Gasteiger partial charge on any atom is -0.459 e. The van der Waals surface area contributed by atoms with Crippen molar-refractivity contribution in [2.24, 2.45) is 13.0 Å². The first-order valence-corrected chi connectivity index (χ1v) is 4.83. The summed E-state index contributed by atoms with van der Waals surface area (Å²) in [6.07, 6.45) is 2.47. The van der Waals surface area contributed by atoms with E-state index in [1.165, 1.54) is 0 Å². The molecule has 1 N–H and O–H groups in total. The molecule has 0 saturated heterocycles.